The van der Waals surface area contributed by atoms with Crippen molar-refractivity contribution in [3.63, 3.8) is 0 Å². The molecule has 0 heterocycles. The zero-order valence-electron chi connectivity index (χ0n) is 7.00. The van der Waals surface area contributed by atoms with Crippen LogP contribution < -0.4 is 5.32 Å². The molecular formula is C9H7ClFNO2. The molecule has 0 spiro atoms. The molecule has 1 rings (SSSR count). The van der Waals surface area contributed by atoms with E-state index in [1.165, 1.54) is 24.4 Å². The predicted molar refractivity (Wildman–Crippen MR) is 51.8 cm³/mol. The lowest BCUT2D eigenvalue weighted by molar-refractivity contribution is -0.131. The van der Waals surface area contributed by atoms with Crippen molar-refractivity contribution in [2.24, 2.45) is 0 Å². The van der Waals surface area contributed by atoms with Crippen molar-refractivity contribution in [1.82, 2.24) is 0 Å². The number of anilines is 1. The number of benzene rings is 1. The first-order valence-electron chi connectivity index (χ1n) is 3.70. The van der Waals surface area contributed by atoms with Gasteiger partial charge in [-0.05, 0) is 18.2 Å². The minimum absolute atomic E-state index is 0.321. The normalized spacial score (nSPS) is 10.4. The van der Waals surface area contributed by atoms with Gasteiger partial charge in [0.2, 0.25) is 0 Å². The van der Waals surface area contributed by atoms with Gasteiger partial charge < -0.3 is 10.4 Å². The Balaban J connectivity index is 2.76. The van der Waals surface area contributed by atoms with Gasteiger partial charge in [-0.3, -0.25) is 0 Å². The van der Waals surface area contributed by atoms with Crippen LogP contribution in [-0.2, 0) is 4.79 Å². The fraction of sp³-hybridized carbons (Fsp3) is 0. The van der Waals surface area contributed by atoms with E-state index in [4.69, 9.17) is 16.7 Å². The van der Waals surface area contributed by atoms with Crippen LogP contribution in [0.3, 0.4) is 0 Å². The lowest BCUT2D eigenvalue weighted by Crippen LogP contribution is -1.93. The summed E-state index contributed by atoms with van der Waals surface area (Å²) in [6.45, 7) is 0. The zero-order valence-corrected chi connectivity index (χ0v) is 7.75. The van der Waals surface area contributed by atoms with Crippen molar-refractivity contribution in [2.75, 3.05) is 5.32 Å². The number of carbonyl (C=O) groups is 1. The Morgan fingerprint density at radius 1 is 1.57 bits per heavy atom. The predicted octanol–water partition coefficient (Wildman–Crippen LogP) is 2.49. The van der Waals surface area contributed by atoms with Gasteiger partial charge in [0, 0.05) is 12.3 Å². The molecule has 1 aromatic rings. The van der Waals surface area contributed by atoms with E-state index in [1.54, 1.807) is 0 Å². The molecule has 0 aromatic heterocycles. The first-order valence-corrected chi connectivity index (χ1v) is 4.08. The smallest absolute Gasteiger partial charge is 0.329 e. The summed E-state index contributed by atoms with van der Waals surface area (Å²) in [6, 6.07) is 3.77. The summed E-state index contributed by atoms with van der Waals surface area (Å²) in [6.07, 6.45) is 2.06. The molecule has 74 valence electrons. The Kier molecular flexibility index (Phi) is 3.48. The third-order valence-electron chi connectivity index (χ3n) is 1.39. The van der Waals surface area contributed by atoms with E-state index in [-0.39, 0.29) is 0 Å². The van der Waals surface area contributed by atoms with Crippen LogP contribution in [0.4, 0.5) is 10.1 Å². The number of carboxylic acid groups (broad SMARTS) is 1. The second-order valence-electron chi connectivity index (χ2n) is 2.44. The van der Waals surface area contributed by atoms with Crippen molar-refractivity contribution in [1.29, 1.82) is 0 Å². The number of hydrogen-bond acceptors (Lipinski definition) is 2. The van der Waals surface area contributed by atoms with Crippen LogP contribution in [0.1, 0.15) is 0 Å². The molecule has 0 saturated heterocycles. The number of hydrogen-bond donors (Lipinski definition) is 2. The van der Waals surface area contributed by atoms with Gasteiger partial charge in [-0.15, -0.1) is 0 Å². The van der Waals surface area contributed by atoms with E-state index in [2.05, 4.69) is 5.32 Å². The van der Waals surface area contributed by atoms with E-state index in [0.29, 0.717) is 10.7 Å². The summed E-state index contributed by atoms with van der Waals surface area (Å²) in [4.78, 5) is 10.1. The number of nitrogens with one attached hydrogen (secondary N) is 1. The summed E-state index contributed by atoms with van der Waals surface area (Å²) in [7, 11) is 0. The molecule has 0 fully saturated rings. The number of aliphatic carboxylic acids is 1. The van der Waals surface area contributed by atoms with Gasteiger partial charge in [-0.2, -0.15) is 0 Å². The van der Waals surface area contributed by atoms with Crippen molar-refractivity contribution in [3.05, 3.63) is 41.3 Å². The van der Waals surface area contributed by atoms with Crippen LogP contribution >= 0.6 is 11.6 Å². The molecule has 0 bridgehead atoms. The quantitative estimate of drug-likeness (QED) is 0.762. The summed E-state index contributed by atoms with van der Waals surface area (Å²) >= 11 is 5.70. The Labute approximate surface area is 84.8 Å². The van der Waals surface area contributed by atoms with Gasteiger partial charge in [0.15, 0.2) is 0 Å². The Hall–Kier alpha value is -1.55. The standard InChI is InChI=1S/C9H7ClFNO2/c10-7-2-1-6(11)5-8(7)12-4-3-9(13)14/h1-5,12H,(H,13,14)/b4-3+. The van der Waals surface area contributed by atoms with E-state index in [9.17, 15) is 9.18 Å². The average Bonchev–Trinajstić information content (AvgIpc) is 2.10. The third-order valence-corrected chi connectivity index (χ3v) is 1.72. The molecule has 3 nitrogen and oxygen atoms in total. The van der Waals surface area contributed by atoms with Gasteiger partial charge in [0.1, 0.15) is 5.82 Å². The van der Waals surface area contributed by atoms with Gasteiger partial charge in [-0.25, -0.2) is 9.18 Å². The van der Waals surface area contributed by atoms with Crippen LogP contribution in [0.5, 0.6) is 0 Å². The van der Waals surface area contributed by atoms with Crippen LogP contribution in [0.15, 0.2) is 30.5 Å². The third kappa shape index (κ3) is 3.06. The molecule has 0 radical (unpaired) electrons. The fourth-order valence-electron chi connectivity index (χ4n) is 0.811. The minimum atomic E-state index is -1.09. The van der Waals surface area contributed by atoms with Crippen molar-refractivity contribution >= 4 is 23.3 Å². The number of halogens is 2. The van der Waals surface area contributed by atoms with E-state index in [0.717, 1.165) is 6.08 Å². The van der Waals surface area contributed by atoms with E-state index in [1.807, 2.05) is 0 Å². The Bertz CT molecular complexity index is 379. The molecule has 0 aliphatic heterocycles. The molecule has 0 atom stereocenters. The maximum atomic E-state index is 12.7. The largest absolute Gasteiger partial charge is 0.478 e. The van der Waals surface area contributed by atoms with E-state index >= 15 is 0 Å². The molecule has 0 amide bonds. The van der Waals surface area contributed by atoms with Gasteiger partial charge in [-0.1, -0.05) is 11.6 Å². The minimum Gasteiger partial charge on any atom is -0.478 e. The van der Waals surface area contributed by atoms with Crippen LogP contribution in [0, 0.1) is 5.82 Å². The number of rotatable bonds is 3. The summed E-state index contributed by atoms with van der Waals surface area (Å²) < 4.78 is 12.7. The summed E-state index contributed by atoms with van der Waals surface area (Å²) in [5.41, 5.74) is 0.323. The first-order chi connectivity index (χ1) is 6.59. The van der Waals surface area contributed by atoms with Crippen molar-refractivity contribution in [2.45, 2.75) is 0 Å². The monoisotopic (exact) mass is 215 g/mol. The molecule has 0 unspecified atom stereocenters. The highest BCUT2D eigenvalue weighted by atomic mass is 35.5. The lowest BCUT2D eigenvalue weighted by atomic mass is 10.3. The second-order valence-corrected chi connectivity index (χ2v) is 2.85. The maximum Gasteiger partial charge on any atom is 0.329 e. The van der Waals surface area contributed by atoms with Gasteiger partial charge in [0.25, 0.3) is 0 Å². The highest BCUT2D eigenvalue weighted by Gasteiger charge is 1.99. The second kappa shape index (κ2) is 4.62. The van der Waals surface area contributed by atoms with Crippen molar-refractivity contribution in [3.8, 4) is 0 Å². The van der Waals surface area contributed by atoms with E-state index < -0.39 is 11.8 Å². The molecule has 1 aromatic carbocycles. The molecule has 0 aliphatic carbocycles. The average molecular weight is 216 g/mol. The summed E-state index contributed by atoms with van der Waals surface area (Å²) in [5.74, 6) is -1.54. The molecule has 14 heavy (non-hydrogen) atoms. The van der Waals surface area contributed by atoms with Gasteiger partial charge >= 0.3 is 5.97 Å². The van der Waals surface area contributed by atoms with Gasteiger partial charge in [0.05, 0.1) is 10.7 Å². The molecule has 0 aliphatic rings. The fourth-order valence-corrected chi connectivity index (χ4v) is 0.983. The molecule has 2 N–H and O–H groups in total. The molecular weight excluding hydrogens is 209 g/mol. The van der Waals surface area contributed by atoms with Crippen LogP contribution in [-0.4, -0.2) is 11.1 Å². The molecule has 5 heteroatoms. The number of carboxylic acids is 1. The highest BCUT2D eigenvalue weighted by Crippen LogP contribution is 2.22. The SMILES string of the molecule is O=C(O)/C=C/Nc1cc(F)ccc1Cl. The first kappa shape index (κ1) is 10.5. The lowest BCUT2D eigenvalue weighted by Gasteiger charge is -2.02. The zero-order chi connectivity index (χ0) is 10.6. The summed E-state index contributed by atoms with van der Waals surface area (Å²) in [5, 5.41) is 11.2. The molecule has 0 saturated carbocycles. The Morgan fingerprint density at radius 2 is 2.29 bits per heavy atom. The maximum absolute atomic E-state index is 12.7. The Morgan fingerprint density at radius 3 is 2.93 bits per heavy atom. The highest BCUT2D eigenvalue weighted by molar-refractivity contribution is 6.33. The van der Waals surface area contributed by atoms with Crippen LogP contribution in [0.25, 0.3) is 0 Å². The van der Waals surface area contributed by atoms with Crippen molar-refractivity contribution < 1.29 is 14.3 Å². The van der Waals surface area contributed by atoms with Crippen LogP contribution in [0.2, 0.25) is 5.02 Å². The topological polar surface area (TPSA) is 49.3 Å².